The lowest BCUT2D eigenvalue weighted by atomic mass is 10.1. The van der Waals surface area contributed by atoms with Crippen LogP contribution in [0, 0.1) is 6.92 Å². The predicted octanol–water partition coefficient (Wildman–Crippen LogP) is 4.39. The molecule has 0 bridgehead atoms. The maximum atomic E-state index is 10.1. The van der Waals surface area contributed by atoms with Crippen molar-refractivity contribution >= 4 is 22.6 Å². The molecule has 2 aromatic carbocycles. The van der Waals surface area contributed by atoms with Gasteiger partial charge in [0.15, 0.2) is 0 Å². The largest absolute Gasteiger partial charge is 0.507 e. The van der Waals surface area contributed by atoms with Crippen molar-refractivity contribution in [2.24, 2.45) is 0 Å². The maximum absolute atomic E-state index is 10.1. The summed E-state index contributed by atoms with van der Waals surface area (Å²) < 4.78 is 2.03. The van der Waals surface area contributed by atoms with Crippen LogP contribution in [0.3, 0.4) is 0 Å². The Morgan fingerprint density at radius 1 is 1.25 bits per heavy atom. The van der Waals surface area contributed by atoms with Gasteiger partial charge >= 0.3 is 0 Å². The average molecular weight is 287 g/mol. The molecule has 0 aliphatic rings. The Morgan fingerprint density at radius 3 is 2.80 bits per heavy atom. The molecule has 0 amide bonds. The molecule has 1 N–H and O–H groups in total. The van der Waals surface area contributed by atoms with Gasteiger partial charge in [-0.05, 0) is 38.1 Å². The van der Waals surface area contributed by atoms with Crippen molar-refractivity contribution < 1.29 is 5.11 Å². The first kappa shape index (κ1) is 13.0. The number of phenols is 1. The molecule has 3 rings (SSSR count). The van der Waals surface area contributed by atoms with E-state index in [1.165, 1.54) is 0 Å². The van der Waals surface area contributed by atoms with Crippen molar-refractivity contribution in [3.63, 3.8) is 0 Å². The lowest BCUT2D eigenvalue weighted by molar-refractivity contribution is 0.476. The summed E-state index contributed by atoms with van der Waals surface area (Å²) in [6.07, 6.45) is 0. The smallest absolute Gasteiger partial charge is 0.144 e. The first-order valence-corrected chi connectivity index (χ1v) is 6.94. The first-order chi connectivity index (χ1) is 9.61. The molecule has 0 aliphatic heterocycles. The Hall–Kier alpha value is -2.00. The highest BCUT2D eigenvalue weighted by Gasteiger charge is 2.16. The minimum absolute atomic E-state index is 0.233. The fraction of sp³-hybridized carbons (Fsp3) is 0.188. The van der Waals surface area contributed by atoms with Gasteiger partial charge in [-0.1, -0.05) is 29.3 Å². The first-order valence-electron chi connectivity index (χ1n) is 6.56. The van der Waals surface area contributed by atoms with E-state index in [4.69, 9.17) is 11.6 Å². The summed E-state index contributed by atoms with van der Waals surface area (Å²) in [4.78, 5) is 4.64. The number of aromatic hydroxyl groups is 1. The molecule has 0 spiro atoms. The number of hydrogen-bond donors (Lipinski definition) is 1. The molecule has 1 heterocycles. The second-order valence-corrected chi connectivity index (χ2v) is 5.22. The van der Waals surface area contributed by atoms with E-state index in [0.717, 1.165) is 34.5 Å². The number of halogens is 1. The summed E-state index contributed by atoms with van der Waals surface area (Å²) in [5, 5.41) is 10.8. The summed E-state index contributed by atoms with van der Waals surface area (Å²) in [5.74, 6) is 0.980. The van der Waals surface area contributed by atoms with Gasteiger partial charge in [0.1, 0.15) is 11.6 Å². The van der Waals surface area contributed by atoms with Gasteiger partial charge in [-0.3, -0.25) is 0 Å². The second-order valence-electron chi connectivity index (χ2n) is 4.81. The number of para-hydroxylation sites is 1. The zero-order valence-electron chi connectivity index (χ0n) is 11.4. The number of nitrogens with zero attached hydrogens (tertiary/aromatic N) is 2. The molecular weight excluding hydrogens is 272 g/mol. The normalized spacial score (nSPS) is 11.2. The van der Waals surface area contributed by atoms with Crippen molar-refractivity contribution in [2.75, 3.05) is 0 Å². The van der Waals surface area contributed by atoms with Crippen LogP contribution in [0.15, 0.2) is 36.4 Å². The number of aromatic nitrogens is 2. The summed E-state index contributed by atoms with van der Waals surface area (Å²) >= 11 is 6.29. The maximum Gasteiger partial charge on any atom is 0.144 e. The highest BCUT2D eigenvalue weighted by molar-refractivity contribution is 6.35. The quantitative estimate of drug-likeness (QED) is 0.759. The van der Waals surface area contributed by atoms with Gasteiger partial charge in [0, 0.05) is 6.54 Å². The van der Waals surface area contributed by atoms with Gasteiger partial charge in [0.25, 0.3) is 0 Å². The summed E-state index contributed by atoms with van der Waals surface area (Å²) in [6, 6.07) is 11.2. The molecule has 3 aromatic rings. The van der Waals surface area contributed by atoms with E-state index >= 15 is 0 Å². The summed E-state index contributed by atoms with van der Waals surface area (Å²) in [7, 11) is 0. The zero-order chi connectivity index (χ0) is 14.3. The molecule has 0 saturated carbocycles. The number of rotatable bonds is 2. The second kappa shape index (κ2) is 4.84. The fourth-order valence-corrected chi connectivity index (χ4v) is 2.76. The molecule has 0 fully saturated rings. The number of fused-ring (bicyclic) bond motifs is 1. The molecule has 0 aliphatic carbocycles. The number of hydrogen-bond acceptors (Lipinski definition) is 2. The Kier molecular flexibility index (Phi) is 3.14. The van der Waals surface area contributed by atoms with Gasteiger partial charge in [-0.2, -0.15) is 0 Å². The molecule has 0 unspecified atom stereocenters. The Balaban J connectivity index is 2.36. The predicted molar refractivity (Wildman–Crippen MR) is 82.3 cm³/mol. The van der Waals surface area contributed by atoms with Gasteiger partial charge in [0.05, 0.1) is 21.6 Å². The van der Waals surface area contributed by atoms with Crippen molar-refractivity contribution in [1.82, 2.24) is 9.55 Å². The van der Waals surface area contributed by atoms with Crippen LogP contribution in [-0.2, 0) is 6.54 Å². The Bertz CT molecular complexity index is 793. The minimum Gasteiger partial charge on any atom is -0.507 e. The summed E-state index contributed by atoms with van der Waals surface area (Å²) in [5.41, 5.74) is 3.57. The highest BCUT2D eigenvalue weighted by Crippen LogP contribution is 2.34. The molecule has 4 heteroatoms. The molecule has 1 aromatic heterocycles. The van der Waals surface area contributed by atoms with Gasteiger partial charge in [0.2, 0.25) is 0 Å². The van der Waals surface area contributed by atoms with Gasteiger partial charge < -0.3 is 9.67 Å². The Morgan fingerprint density at radius 2 is 2.05 bits per heavy atom. The summed E-state index contributed by atoms with van der Waals surface area (Å²) in [6.45, 7) is 4.78. The molecule has 0 atom stereocenters. The van der Waals surface area contributed by atoms with Crippen LogP contribution >= 0.6 is 11.6 Å². The zero-order valence-corrected chi connectivity index (χ0v) is 12.1. The van der Waals surface area contributed by atoms with Gasteiger partial charge in [-0.15, -0.1) is 0 Å². The molecule has 3 nitrogen and oxygen atoms in total. The van der Waals surface area contributed by atoms with Crippen LogP contribution in [0.25, 0.3) is 22.4 Å². The number of phenolic OH excluding ortho intramolecular Hbond substituents is 1. The lowest BCUT2D eigenvalue weighted by Gasteiger charge is -2.09. The van der Waals surface area contributed by atoms with Crippen LogP contribution in [-0.4, -0.2) is 14.7 Å². The lowest BCUT2D eigenvalue weighted by Crippen LogP contribution is -1.98. The minimum atomic E-state index is 0.233. The van der Waals surface area contributed by atoms with Crippen LogP contribution in [0.1, 0.15) is 12.5 Å². The third kappa shape index (κ3) is 1.95. The topological polar surface area (TPSA) is 38.0 Å². The van der Waals surface area contributed by atoms with Gasteiger partial charge in [-0.25, -0.2) is 4.98 Å². The van der Waals surface area contributed by atoms with E-state index in [1.807, 2.05) is 48.7 Å². The molecule has 0 radical (unpaired) electrons. The molecule has 20 heavy (non-hydrogen) atoms. The molecule has 0 saturated heterocycles. The van der Waals surface area contributed by atoms with Crippen LogP contribution in [0.5, 0.6) is 5.75 Å². The standard InChI is InChI=1S/C16H15ClN2O/c1-3-19-15-12(17)5-4-6-13(15)18-16(19)11-9-10(2)7-8-14(11)20/h4-9,20H,3H2,1-2H3. The monoisotopic (exact) mass is 286 g/mol. The number of aryl methyl sites for hydroxylation is 2. The highest BCUT2D eigenvalue weighted by atomic mass is 35.5. The third-order valence-corrected chi connectivity index (χ3v) is 3.73. The van der Waals surface area contributed by atoms with Crippen molar-refractivity contribution in [1.29, 1.82) is 0 Å². The number of benzene rings is 2. The SMILES string of the molecule is CCn1c(-c2cc(C)ccc2O)nc2cccc(Cl)c21. The third-order valence-electron chi connectivity index (χ3n) is 3.43. The fourth-order valence-electron chi connectivity index (χ4n) is 2.48. The van der Waals surface area contributed by atoms with Crippen molar-refractivity contribution in [3.05, 3.63) is 47.0 Å². The molecular formula is C16H15ClN2O. The van der Waals surface area contributed by atoms with E-state index < -0.39 is 0 Å². The van der Waals surface area contributed by atoms with E-state index in [0.29, 0.717) is 5.02 Å². The number of imidazole rings is 1. The van der Waals surface area contributed by atoms with Crippen molar-refractivity contribution in [2.45, 2.75) is 20.4 Å². The van der Waals surface area contributed by atoms with Crippen LogP contribution < -0.4 is 0 Å². The molecule has 102 valence electrons. The van der Waals surface area contributed by atoms with Crippen molar-refractivity contribution in [3.8, 4) is 17.1 Å². The van der Waals surface area contributed by atoms with E-state index in [2.05, 4.69) is 4.98 Å². The van der Waals surface area contributed by atoms with E-state index in [1.54, 1.807) is 6.07 Å². The average Bonchev–Trinajstić information content (AvgIpc) is 2.81. The van der Waals surface area contributed by atoms with E-state index in [9.17, 15) is 5.11 Å². The Labute approximate surface area is 122 Å². The van der Waals surface area contributed by atoms with Crippen LogP contribution in [0.2, 0.25) is 5.02 Å². The van der Waals surface area contributed by atoms with Crippen LogP contribution in [0.4, 0.5) is 0 Å². The van der Waals surface area contributed by atoms with E-state index in [-0.39, 0.29) is 5.75 Å².